The van der Waals surface area contributed by atoms with Gasteiger partial charge in [0.2, 0.25) is 11.8 Å². The molecule has 2 atom stereocenters. The average molecular weight is 386 g/mol. The standard InChI is InChI=1S/C20H26N4O4/c1-2-20(10-8-15(9-11-20)14-6-4-3-5-7-14)19(27)22-13-17(25)23-16(12-21)18(26)24-28/h3-10,16,28H,2,11-13,21H2,1H3,(H,22,27)(H,23,25)(H,24,26)/t16-,20?/m0/s1. The first kappa shape index (κ1) is 21.3. The number of carbonyl (C=O) groups is 3. The van der Waals surface area contributed by atoms with Crippen LogP contribution in [0.4, 0.5) is 0 Å². The number of hydrogen-bond acceptors (Lipinski definition) is 5. The summed E-state index contributed by atoms with van der Waals surface area (Å²) in [5.74, 6) is -1.65. The van der Waals surface area contributed by atoms with Gasteiger partial charge in [-0.05, 0) is 24.0 Å². The van der Waals surface area contributed by atoms with Gasteiger partial charge in [0, 0.05) is 6.54 Å². The van der Waals surface area contributed by atoms with E-state index in [0.717, 1.165) is 11.1 Å². The second-order valence-corrected chi connectivity index (χ2v) is 6.59. The molecule has 1 aromatic carbocycles. The van der Waals surface area contributed by atoms with Crippen LogP contribution in [0.15, 0.2) is 48.6 Å². The van der Waals surface area contributed by atoms with Gasteiger partial charge in [0.05, 0.1) is 12.0 Å². The van der Waals surface area contributed by atoms with Crippen molar-refractivity contribution in [1.82, 2.24) is 16.1 Å². The van der Waals surface area contributed by atoms with Crippen molar-refractivity contribution in [3.63, 3.8) is 0 Å². The Morgan fingerprint density at radius 1 is 1.25 bits per heavy atom. The van der Waals surface area contributed by atoms with Crippen molar-refractivity contribution in [2.24, 2.45) is 11.1 Å². The molecule has 8 nitrogen and oxygen atoms in total. The van der Waals surface area contributed by atoms with Gasteiger partial charge in [0.15, 0.2) is 0 Å². The Bertz CT molecular complexity index is 776. The zero-order valence-electron chi connectivity index (χ0n) is 15.8. The molecule has 1 unspecified atom stereocenters. The van der Waals surface area contributed by atoms with E-state index in [-0.39, 0.29) is 19.0 Å². The van der Waals surface area contributed by atoms with E-state index in [1.807, 2.05) is 55.5 Å². The van der Waals surface area contributed by atoms with Crippen molar-refractivity contribution < 1.29 is 19.6 Å². The predicted octanol–water partition coefficient (Wildman–Crippen LogP) is 0.491. The summed E-state index contributed by atoms with van der Waals surface area (Å²) < 4.78 is 0. The van der Waals surface area contributed by atoms with E-state index in [2.05, 4.69) is 10.6 Å². The fraction of sp³-hybridized carbons (Fsp3) is 0.350. The van der Waals surface area contributed by atoms with Gasteiger partial charge in [-0.15, -0.1) is 0 Å². The van der Waals surface area contributed by atoms with E-state index in [1.54, 1.807) is 0 Å². The highest BCUT2D eigenvalue weighted by molar-refractivity contribution is 5.92. The van der Waals surface area contributed by atoms with Gasteiger partial charge in [0.1, 0.15) is 6.04 Å². The Labute approximate surface area is 163 Å². The molecule has 0 spiro atoms. The summed E-state index contributed by atoms with van der Waals surface area (Å²) in [6.07, 6.45) is 6.93. The molecule has 0 aliphatic heterocycles. The van der Waals surface area contributed by atoms with Crippen LogP contribution in [-0.4, -0.2) is 42.1 Å². The Kier molecular flexibility index (Phi) is 7.48. The van der Waals surface area contributed by atoms with E-state index >= 15 is 0 Å². The zero-order valence-corrected chi connectivity index (χ0v) is 15.8. The first-order chi connectivity index (χ1) is 13.5. The second-order valence-electron chi connectivity index (χ2n) is 6.59. The third kappa shape index (κ3) is 5.05. The molecular formula is C20H26N4O4. The van der Waals surface area contributed by atoms with E-state index in [9.17, 15) is 14.4 Å². The highest BCUT2D eigenvalue weighted by Gasteiger charge is 2.35. The summed E-state index contributed by atoms with van der Waals surface area (Å²) in [6, 6.07) is 8.82. The van der Waals surface area contributed by atoms with Gasteiger partial charge < -0.3 is 16.4 Å². The molecule has 0 heterocycles. The third-order valence-electron chi connectivity index (χ3n) is 4.87. The molecular weight excluding hydrogens is 360 g/mol. The topological polar surface area (TPSA) is 134 Å². The minimum absolute atomic E-state index is 0.180. The molecule has 0 aromatic heterocycles. The molecule has 6 N–H and O–H groups in total. The molecule has 2 rings (SSSR count). The van der Waals surface area contributed by atoms with Crippen LogP contribution in [0.2, 0.25) is 0 Å². The summed E-state index contributed by atoms with van der Waals surface area (Å²) in [5, 5.41) is 13.6. The molecule has 8 heteroatoms. The molecule has 0 saturated heterocycles. The smallest absolute Gasteiger partial charge is 0.267 e. The zero-order chi connectivity index (χ0) is 20.6. The van der Waals surface area contributed by atoms with Crippen LogP contribution in [0.3, 0.4) is 0 Å². The maximum Gasteiger partial charge on any atom is 0.267 e. The number of benzene rings is 1. The van der Waals surface area contributed by atoms with E-state index in [1.165, 1.54) is 5.48 Å². The summed E-state index contributed by atoms with van der Waals surface area (Å²) in [6.45, 7) is 1.45. The predicted molar refractivity (Wildman–Crippen MR) is 105 cm³/mol. The SMILES string of the molecule is CCC1(C(=O)NCC(=O)N[C@@H](CN)C(=O)NO)C=CC(c2ccccc2)=CC1. The lowest BCUT2D eigenvalue weighted by atomic mass is 9.76. The lowest BCUT2D eigenvalue weighted by molar-refractivity contribution is -0.135. The Morgan fingerprint density at radius 2 is 1.96 bits per heavy atom. The molecule has 1 aliphatic rings. The highest BCUT2D eigenvalue weighted by Crippen LogP contribution is 2.36. The third-order valence-corrected chi connectivity index (χ3v) is 4.87. The van der Waals surface area contributed by atoms with Gasteiger partial charge in [0.25, 0.3) is 5.91 Å². The molecule has 28 heavy (non-hydrogen) atoms. The van der Waals surface area contributed by atoms with Crippen molar-refractivity contribution in [3.05, 3.63) is 54.1 Å². The van der Waals surface area contributed by atoms with Gasteiger partial charge >= 0.3 is 0 Å². The highest BCUT2D eigenvalue weighted by atomic mass is 16.5. The minimum Gasteiger partial charge on any atom is -0.346 e. The number of hydroxylamine groups is 1. The molecule has 1 aromatic rings. The molecule has 150 valence electrons. The van der Waals surface area contributed by atoms with Crippen molar-refractivity contribution >= 4 is 23.3 Å². The van der Waals surface area contributed by atoms with E-state index in [0.29, 0.717) is 12.8 Å². The van der Waals surface area contributed by atoms with Crippen molar-refractivity contribution in [2.45, 2.75) is 25.8 Å². The fourth-order valence-corrected chi connectivity index (χ4v) is 3.00. The van der Waals surface area contributed by atoms with Gasteiger partial charge in [-0.1, -0.05) is 55.5 Å². The minimum atomic E-state index is -1.07. The van der Waals surface area contributed by atoms with Gasteiger partial charge in [-0.25, -0.2) is 5.48 Å². The van der Waals surface area contributed by atoms with E-state index in [4.69, 9.17) is 10.9 Å². The summed E-state index contributed by atoms with van der Waals surface area (Å²) in [5.41, 5.74) is 8.22. The normalized spacial score (nSPS) is 19.3. The average Bonchev–Trinajstić information content (AvgIpc) is 2.75. The maximum atomic E-state index is 12.7. The largest absolute Gasteiger partial charge is 0.346 e. The number of amides is 3. The van der Waals surface area contributed by atoms with Crippen LogP contribution < -0.4 is 21.8 Å². The fourth-order valence-electron chi connectivity index (χ4n) is 3.00. The number of hydrogen-bond donors (Lipinski definition) is 5. The Balaban J connectivity index is 1.95. The number of nitrogens with two attached hydrogens (primary N) is 1. The molecule has 0 radical (unpaired) electrons. The van der Waals surface area contributed by atoms with E-state index < -0.39 is 23.3 Å². The Hall–Kier alpha value is -2.97. The summed E-state index contributed by atoms with van der Waals surface area (Å²) >= 11 is 0. The Morgan fingerprint density at radius 3 is 2.50 bits per heavy atom. The maximum absolute atomic E-state index is 12.7. The number of carbonyl (C=O) groups excluding carboxylic acids is 3. The number of nitrogens with one attached hydrogen (secondary N) is 3. The second kappa shape index (κ2) is 9.82. The van der Waals surface area contributed by atoms with Crippen molar-refractivity contribution in [2.75, 3.05) is 13.1 Å². The monoisotopic (exact) mass is 386 g/mol. The molecule has 0 fully saturated rings. The van der Waals surface area contributed by atoms with Gasteiger partial charge in [-0.3, -0.25) is 19.6 Å². The first-order valence-corrected chi connectivity index (χ1v) is 9.12. The van der Waals surface area contributed by atoms with Crippen molar-refractivity contribution in [3.8, 4) is 0 Å². The molecule has 1 aliphatic carbocycles. The van der Waals surface area contributed by atoms with Crippen LogP contribution in [0.1, 0.15) is 25.3 Å². The number of allylic oxidation sites excluding steroid dienone is 3. The molecule has 0 bridgehead atoms. The van der Waals surface area contributed by atoms with Gasteiger partial charge in [-0.2, -0.15) is 0 Å². The van der Waals surface area contributed by atoms with Crippen LogP contribution in [0, 0.1) is 5.41 Å². The van der Waals surface area contributed by atoms with Crippen LogP contribution in [-0.2, 0) is 14.4 Å². The summed E-state index contributed by atoms with van der Waals surface area (Å²) in [7, 11) is 0. The van der Waals surface area contributed by atoms with Crippen LogP contribution in [0.5, 0.6) is 0 Å². The quantitative estimate of drug-likeness (QED) is 0.328. The number of rotatable bonds is 8. The van der Waals surface area contributed by atoms with Crippen LogP contribution in [0.25, 0.3) is 5.57 Å². The lowest BCUT2D eigenvalue weighted by Gasteiger charge is -2.30. The molecule has 0 saturated carbocycles. The van der Waals surface area contributed by atoms with Crippen molar-refractivity contribution in [1.29, 1.82) is 0 Å². The summed E-state index contributed by atoms with van der Waals surface area (Å²) in [4.78, 5) is 36.1. The van der Waals surface area contributed by atoms with Crippen LogP contribution >= 0.6 is 0 Å². The molecule has 3 amide bonds. The first-order valence-electron chi connectivity index (χ1n) is 9.12. The lowest BCUT2D eigenvalue weighted by Crippen LogP contribution is -2.53.